The molecule has 3 N–H and O–H groups in total. The second kappa shape index (κ2) is 5.39. The molecule has 0 aromatic heterocycles. The fraction of sp³-hybridized carbons (Fsp3) is 0.167. The van der Waals surface area contributed by atoms with Crippen LogP contribution in [0.4, 0.5) is 4.79 Å². The third-order valence-electron chi connectivity index (χ3n) is 2.58. The Labute approximate surface area is 113 Å². The van der Waals surface area contributed by atoms with Gasteiger partial charge in [0.15, 0.2) is 0 Å². The third-order valence-corrected chi connectivity index (χ3v) is 2.58. The van der Waals surface area contributed by atoms with Gasteiger partial charge in [-0.05, 0) is 12.1 Å². The Morgan fingerprint density at radius 3 is 2.20 bits per heavy atom. The van der Waals surface area contributed by atoms with E-state index in [1.54, 1.807) is 12.1 Å². The molecule has 0 spiro atoms. The summed E-state index contributed by atoms with van der Waals surface area (Å²) in [6.07, 6.45) is -0.212. The molecule has 1 heterocycles. The number of nitrogens with two attached hydrogens (primary N) is 1. The van der Waals surface area contributed by atoms with Crippen LogP contribution in [0.2, 0.25) is 0 Å². The maximum Gasteiger partial charge on any atom is 0.335 e. The van der Waals surface area contributed by atoms with E-state index in [0.717, 1.165) is 0 Å². The topological polar surface area (TPSA) is 119 Å². The van der Waals surface area contributed by atoms with E-state index in [9.17, 15) is 19.2 Å². The van der Waals surface area contributed by atoms with Gasteiger partial charge in [-0.3, -0.25) is 9.59 Å². The zero-order chi connectivity index (χ0) is 14.7. The molecule has 8 heteroatoms. The van der Waals surface area contributed by atoms with Gasteiger partial charge in [0.25, 0.3) is 11.8 Å². The van der Waals surface area contributed by atoms with E-state index in [2.05, 4.69) is 5.32 Å². The molecular formula is C12H11N3O5. The Balaban J connectivity index is 1.98. The predicted octanol–water partition coefficient (Wildman–Crippen LogP) is -0.201. The molecule has 8 nitrogen and oxygen atoms in total. The number of hydroxylamine groups is 2. The largest absolute Gasteiger partial charge is 0.352 e. The minimum Gasteiger partial charge on any atom is -0.352 e. The lowest BCUT2D eigenvalue weighted by molar-refractivity contribution is -0.168. The highest BCUT2D eigenvalue weighted by molar-refractivity contribution is 6.20. The summed E-state index contributed by atoms with van der Waals surface area (Å²) in [5, 5.41) is 2.60. The number of fused-ring (bicyclic) bond motifs is 1. The van der Waals surface area contributed by atoms with Crippen molar-refractivity contribution in [2.75, 3.05) is 6.54 Å². The van der Waals surface area contributed by atoms with Crippen molar-refractivity contribution in [1.29, 1.82) is 0 Å². The number of imide groups is 1. The monoisotopic (exact) mass is 277 g/mol. The summed E-state index contributed by atoms with van der Waals surface area (Å²) in [7, 11) is 0. The number of primary amides is 1. The number of amides is 4. The number of hydrogen-bond acceptors (Lipinski definition) is 5. The third kappa shape index (κ3) is 2.58. The SMILES string of the molecule is NC(=O)NCCC(=O)ON1C(=O)c2ccccc2C1=O. The van der Waals surface area contributed by atoms with Crippen LogP contribution in [0.5, 0.6) is 0 Å². The number of nitrogens with one attached hydrogen (secondary N) is 1. The average Bonchev–Trinajstić information content (AvgIpc) is 2.64. The number of urea groups is 1. The zero-order valence-corrected chi connectivity index (χ0v) is 10.3. The first kappa shape index (κ1) is 13.5. The molecule has 20 heavy (non-hydrogen) atoms. The van der Waals surface area contributed by atoms with Crippen LogP contribution in [0.3, 0.4) is 0 Å². The smallest absolute Gasteiger partial charge is 0.335 e. The van der Waals surface area contributed by atoms with Gasteiger partial charge in [-0.2, -0.15) is 0 Å². The van der Waals surface area contributed by atoms with Crippen molar-refractivity contribution in [3.8, 4) is 0 Å². The Morgan fingerprint density at radius 2 is 1.70 bits per heavy atom. The summed E-state index contributed by atoms with van der Waals surface area (Å²) in [6.45, 7) is -0.0443. The number of nitrogens with zero attached hydrogens (tertiary/aromatic N) is 1. The summed E-state index contributed by atoms with van der Waals surface area (Å²) in [5.41, 5.74) is 5.19. The Morgan fingerprint density at radius 1 is 1.15 bits per heavy atom. The van der Waals surface area contributed by atoms with E-state index in [0.29, 0.717) is 5.06 Å². The standard InChI is InChI=1S/C12H11N3O5/c13-12(19)14-6-5-9(16)20-15-10(17)7-3-1-2-4-8(7)11(15)18/h1-4H,5-6H2,(H3,13,14,19). The van der Waals surface area contributed by atoms with Gasteiger partial charge in [0.1, 0.15) is 0 Å². The van der Waals surface area contributed by atoms with Crippen LogP contribution in [0, 0.1) is 0 Å². The van der Waals surface area contributed by atoms with Gasteiger partial charge in [0.05, 0.1) is 17.5 Å². The van der Waals surface area contributed by atoms with Gasteiger partial charge in [0.2, 0.25) is 0 Å². The van der Waals surface area contributed by atoms with Crippen LogP contribution >= 0.6 is 0 Å². The molecule has 0 saturated carbocycles. The molecule has 4 amide bonds. The highest BCUT2D eigenvalue weighted by Crippen LogP contribution is 2.22. The summed E-state index contributed by atoms with van der Waals surface area (Å²) >= 11 is 0. The van der Waals surface area contributed by atoms with Crippen LogP contribution in [0.25, 0.3) is 0 Å². The van der Waals surface area contributed by atoms with Crippen LogP contribution in [-0.4, -0.2) is 35.4 Å². The minimum absolute atomic E-state index is 0.0443. The first-order chi connectivity index (χ1) is 9.50. The Bertz CT molecular complexity index is 564. The van der Waals surface area contributed by atoms with E-state index in [4.69, 9.17) is 10.6 Å². The summed E-state index contributed by atoms with van der Waals surface area (Å²) in [4.78, 5) is 50.3. The molecule has 0 bridgehead atoms. The number of rotatable bonds is 4. The lowest BCUT2D eigenvalue weighted by atomic mass is 10.1. The maximum atomic E-state index is 11.9. The van der Waals surface area contributed by atoms with E-state index in [1.807, 2.05) is 0 Å². The first-order valence-electron chi connectivity index (χ1n) is 5.72. The number of benzene rings is 1. The molecule has 0 radical (unpaired) electrons. The maximum absolute atomic E-state index is 11.9. The van der Waals surface area contributed by atoms with Gasteiger partial charge < -0.3 is 15.9 Å². The van der Waals surface area contributed by atoms with Crippen molar-refractivity contribution in [1.82, 2.24) is 10.4 Å². The van der Waals surface area contributed by atoms with Crippen molar-refractivity contribution in [2.24, 2.45) is 5.73 Å². The van der Waals surface area contributed by atoms with Gasteiger partial charge in [-0.1, -0.05) is 17.2 Å². The van der Waals surface area contributed by atoms with Crippen molar-refractivity contribution >= 4 is 23.8 Å². The Kier molecular flexibility index (Phi) is 3.65. The molecule has 1 aliphatic heterocycles. The van der Waals surface area contributed by atoms with E-state index in [1.165, 1.54) is 12.1 Å². The van der Waals surface area contributed by atoms with Crippen LogP contribution < -0.4 is 11.1 Å². The average molecular weight is 277 g/mol. The van der Waals surface area contributed by atoms with E-state index >= 15 is 0 Å². The number of carbonyl (C=O) groups excluding carboxylic acids is 4. The molecule has 0 saturated heterocycles. The quantitative estimate of drug-likeness (QED) is 0.738. The van der Waals surface area contributed by atoms with Gasteiger partial charge in [-0.15, -0.1) is 0 Å². The van der Waals surface area contributed by atoms with E-state index in [-0.39, 0.29) is 24.1 Å². The van der Waals surface area contributed by atoms with Crippen molar-refractivity contribution < 1.29 is 24.0 Å². The molecule has 1 aromatic rings. The summed E-state index contributed by atoms with van der Waals surface area (Å²) in [5.74, 6) is -2.21. The summed E-state index contributed by atoms with van der Waals surface area (Å²) < 4.78 is 0. The van der Waals surface area contributed by atoms with Crippen LogP contribution in [0.1, 0.15) is 27.1 Å². The highest BCUT2D eigenvalue weighted by atomic mass is 16.7. The number of carbonyl (C=O) groups is 4. The normalized spacial score (nSPS) is 13.1. The highest BCUT2D eigenvalue weighted by Gasteiger charge is 2.38. The fourth-order valence-electron chi connectivity index (χ4n) is 1.69. The van der Waals surface area contributed by atoms with Crippen molar-refractivity contribution in [3.63, 3.8) is 0 Å². The van der Waals surface area contributed by atoms with Crippen LogP contribution in [0.15, 0.2) is 24.3 Å². The fourth-order valence-corrected chi connectivity index (χ4v) is 1.69. The predicted molar refractivity (Wildman–Crippen MR) is 65.2 cm³/mol. The zero-order valence-electron chi connectivity index (χ0n) is 10.3. The molecule has 1 aliphatic rings. The van der Waals surface area contributed by atoms with Crippen LogP contribution in [-0.2, 0) is 9.63 Å². The van der Waals surface area contributed by atoms with Crippen molar-refractivity contribution in [3.05, 3.63) is 35.4 Å². The lowest BCUT2D eigenvalue weighted by Crippen LogP contribution is -2.35. The molecular weight excluding hydrogens is 266 g/mol. The second-order valence-electron chi connectivity index (χ2n) is 3.95. The van der Waals surface area contributed by atoms with Gasteiger partial charge in [-0.25, -0.2) is 9.59 Å². The number of hydrogen-bond donors (Lipinski definition) is 2. The molecule has 0 fully saturated rings. The lowest BCUT2D eigenvalue weighted by Gasteiger charge is -2.12. The molecule has 0 aliphatic carbocycles. The van der Waals surface area contributed by atoms with E-state index < -0.39 is 23.8 Å². The summed E-state index contributed by atoms with van der Waals surface area (Å²) in [6, 6.07) is 5.37. The minimum atomic E-state index is -0.826. The Hall–Kier alpha value is -2.90. The molecule has 1 aromatic carbocycles. The van der Waals surface area contributed by atoms with Gasteiger partial charge >= 0.3 is 12.0 Å². The first-order valence-corrected chi connectivity index (χ1v) is 5.72. The van der Waals surface area contributed by atoms with Crippen molar-refractivity contribution in [2.45, 2.75) is 6.42 Å². The van der Waals surface area contributed by atoms with Gasteiger partial charge in [0, 0.05) is 6.54 Å². The second-order valence-corrected chi connectivity index (χ2v) is 3.95. The molecule has 0 atom stereocenters. The molecule has 2 rings (SSSR count). The molecule has 104 valence electrons. The molecule has 0 unspecified atom stereocenters.